The van der Waals surface area contributed by atoms with Crippen LogP contribution in [-0.4, -0.2) is 29.4 Å². The second-order valence-corrected chi connectivity index (χ2v) is 3.91. The van der Waals surface area contributed by atoms with Crippen molar-refractivity contribution < 1.29 is 0 Å². The lowest BCUT2D eigenvalue weighted by molar-refractivity contribution is 0.767. The van der Waals surface area contributed by atoms with E-state index in [1.54, 1.807) is 16.9 Å². The van der Waals surface area contributed by atoms with E-state index in [1.165, 1.54) is 10.7 Å². The summed E-state index contributed by atoms with van der Waals surface area (Å²) in [4.78, 5) is 15.4. The molecule has 92 valence electrons. The van der Waals surface area contributed by atoms with Gasteiger partial charge in [0.05, 0.1) is 6.20 Å². The first-order valence-electron chi connectivity index (χ1n) is 5.36. The molecule has 3 rings (SSSR count). The first-order valence-corrected chi connectivity index (χ1v) is 5.36. The molecular weight excluding hydrogens is 234 g/mol. The fourth-order valence-electron chi connectivity index (χ4n) is 1.66. The van der Waals surface area contributed by atoms with Gasteiger partial charge in [-0.1, -0.05) is 0 Å². The topological polar surface area (TPSA) is 92.9 Å². The minimum absolute atomic E-state index is 0.295. The van der Waals surface area contributed by atoms with Crippen LogP contribution in [0, 0.1) is 0 Å². The third kappa shape index (κ3) is 1.83. The Morgan fingerprint density at radius 1 is 1.50 bits per heavy atom. The van der Waals surface area contributed by atoms with Gasteiger partial charge in [-0.2, -0.15) is 10.2 Å². The average molecular weight is 245 g/mol. The Balaban J connectivity index is 1.80. The Bertz CT molecular complexity index is 738. The number of nitrogens with zero attached hydrogens (tertiary/aromatic N) is 5. The lowest BCUT2D eigenvalue weighted by Gasteiger charge is -2.02. The van der Waals surface area contributed by atoms with Crippen LogP contribution in [0.3, 0.4) is 0 Å². The molecule has 0 bridgehead atoms. The van der Waals surface area contributed by atoms with Crippen LogP contribution >= 0.6 is 0 Å². The smallest absolute Gasteiger partial charge is 0.348 e. The van der Waals surface area contributed by atoms with Gasteiger partial charge >= 0.3 is 5.69 Å². The maximum Gasteiger partial charge on any atom is 0.348 e. The molecule has 8 heteroatoms. The molecule has 2 N–H and O–H groups in total. The van der Waals surface area contributed by atoms with Crippen LogP contribution in [0.2, 0.25) is 0 Å². The molecule has 8 nitrogen and oxygen atoms in total. The fourth-order valence-corrected chi connectivity index (χ4v) is 1.66. The first-order chi connectivity index (χ1) is 8.72. The van der Waals surface area contributed by atoms with E-state index in [4.69, 9.17) is 0 Å². The summed E-state index contributed by atoms with van der Waals surface area (Å²) in [5, 5.41) is 13.4. The van der Waals surface area contributed by atoms with Crippen molar-refractivity contribution in [2.75, 3.05) is 5.32 Å². The number of aryl methyl sites for hydroxylation is 1. The number of H-pyrrole nitrogens is 1. The normalized spacial score (nSPS) is 10.9. The zero-order valence-electron chi connectivity index (χ0n) is 9.66. The molecule has 0 spiro atoms. The number of hydrogen-bond donors (Lipinski definition) is 2. The van der Waals surface area contributed by atoms with E-state index in [-0.39, 0.29) is 5.69 Å². The first kappa shape index (κ1) is 10.5. The minimum Gasteiger partial charge on any atom is -0.366 e. The van der Waals surface area contributed by atoms with E-state index in [0.717, 1.165) is 5.56 Å². The molecule has 0 saturated carbocycles. The van der Waals surface area contributed by atoms with Gasteiger partial charge in [0, 0.05) is 31.4 Å². The van der Waals surface area contributed by atoms with Crippen molar-refractivity contribution in [1.82, 2.24) is 29.4 Å². The molecule has 0 aliphatic rings. The summed E-state index contributed by atoms with van der Waals surface area (Å²) in [5.41, 5.74) is 1.29. The standard InChI is InChI=1S/C10H11N7O/c1-16-5-7(4-13-16)3-11-8-2-9-14-15-10(18)17(9)6-12-8/h2,4-6,11H,3H2,1H3,(H,15,18). The van der Waals surface area contributed by atoms with E-state index < -0.39 is 0 Å². The van der Waals surface area contributed by atoms with Crippen LogP contribution in [-0.2, 0) is 13.6 Å². The van der Waals surface area contributed by atoms with Crippen LogP contribution < -0.4 is 11.0 Å². The van der Waals surface area contributed by atoms with Crippen LogP contribution in [0.25, 0.3) is 5.65 Å². The summed E-state index contributed by atoms with van der Waals surface area (Å²) in [6.07, 6.45) is 5.14. The maximum atomic E-state index is 11.2. The average Bonchev–Trinajstić information content (AvgIpc) is 2.94. The van der Waals surface area contributed by atoms with Crippen molar-refractivity contribution in [3.8, 4) is 0 Å². The van der Waals surface area contributed by atoms with Crippen molar-refractivity contribution in [1.29, 1.82) is 0 Å². The number of nitrogens with one attached hydrogen (secondary N) is 2. The SMILES string of the molecule is Cn1cc(CNc2cc3n[nH]c(=O)n3cn2)cn1. The van der Waals surface area contributed by atoms with Gasteiger partial charge in [0.1, 0.15) is 12.1 Å². The molecule has 0 saturated heterocycles. The van der Waals surface area contributed by atoms with Crippen molar-refractivity contribution in [3.05, 3.63) is 40.8 Å². The Morgan fingerprint density at radius 3 is 3.17 bits per heavy atom. The molecule has 0 aliphatic carbocycles. The van der Waals surface area contributed by atoms with Crippen molar-refractivity contribution in [3.63, 3.8) is 0 Å². The van der Waals surface area contributed by atoms with Gasteiger partial charge in [-0.3, -0.25) is 4.68 Å². The second-order valence-electron chi connectivity index (χ2n) is 3.91. The highest BCUT2D eigenvalue weighted by Gasteiger charge is 2.02. The maximum absolute atomic E-state index is 11.2. The Morgan fingerprint density at radius 2 is 2.39 bits per heavy atom. The monoisotopic (exact) mass is 245 g/mol. The lowest BCUT2D eigenvalue weighted by Crippen LogP contribution is -2.10. The minimum atomic E-state index is -0.295. The molecule has 0 radical (unpaired) electrons. The van der Waals surface area contributed by atoms with Crippen LogP contribution in [0.5, 0.6) is 0 Å². The summed E-state index contributed by atoms with van der Waals surface area (Å²) in [5.74, 6) is 0.658. The molecule has 0 fully saturated rings. The molecule has 0 aromatic carbocycles. The molecule has 3 heterocycles. The molecule has 3 aromatic heterocycles. The van der Waals surface area contributed by atoms with Crippen molar-refractivity contribution >= 4 is 11.5 Å². The van der Waals surface area contributed by atoms with Gasteiger partial charge in [-0.25, -0.2) is 19.3 Å². The number of rotatable bonds is 3. The lowest BCUT2D eigenvalue weighted by atomic mass is 10.3. The highest BCUT2D eigenvalue weighted by molar-refractivity contribution is 5.48. The predicted octanol–water partition coefficient (Wildman–Crippen LogP) is -0.237. The van der Waals surface area contributed by atoms with Crippen molar-refractivity contribution in [2.24, 2.45) is 7.05 Å². The van der Waals surface area contributed by atoms with Crippen LogP contribution in [0.1, 0.15) is 5.56 Å². The third-order valence-corrected chi connectivity index (χ3v) is 2.54. The van der Waals surface area contributed by atoms with E-state index in [2.05, 4.69) is 25.6 Å². The largest absolute Gasteiger partial charge is 0.366 e. The zero-order chi connectivity index (χ0) is 12.5. The van der Waals surface area contributed by atoms with E-state index >= 15 is 0 Å². The molecule has 0 aliphatic heterocycles. The summed E-state index contributed by atoms with van der Waals surface area (Å²) >= 11 is 0. The summed E-state index contributed by atoms with van der Waals surface area (Å²) in [6.45, 7) is 0.617. The Labute approximate surface area is 101 Å². The number of anilines is 1. The van der Waals surface area contributed by atoms with Gasteiger partial charge in [0.2, 0.25) is 0 Å². The molecule has 0 unspecified atom stereocenters. The molecule has 0 atom stereocenters. The summed E-state index contributed by atoms with van der Waals surface area (Å²) < 4.78 is 3.08. The Hall–Kier alpha value is -2.64. The van der Waals surface area contributed by atoms with Gasteiger partial charge in [-0.05, 0) is 0 Å². The highest BCUT2D eigenvalue weighted by atomic mass is 16.1. The summed E-state index contributed by atoms with van der Waals surface area (Å²) in [7, 11) is 1.87. The number of fused-ring (bicyclic) bond motifs is 1. The fraction of sp³-hybridized carbons (Fsp3) is 0.200. The Kier molecular flexibility index (Phi) is 2.33. The van der Waals surface area contributed by atoms with Crippen molar-refractivity contribution in [2.45, 2.75) is 6.54 Å². The number of aromatic nitrogens is 6. The predicted molar refractivity (Wildman–Crippen MR) is 64.1 cm³/mol. The molecule has 3 aromatic rings. The number of aromatic amines is 1. The molecular formula is C10H11N7O. The van der Waals surface area contributed by atoms with E-state index in [1.807, 2.05) is 13.2 Å². The van der Waals surface area contributed by atoms with Crippen LogP contribution in [0.4, 0.5) is 5.82 Å². The van der Waals surface area contributed by atoms with Gasteiger partial charge < -0.3 is 5.32 Å². The van der Waals surface area contributed by atoms with E-state index in [0.29, 0.717) is 18.0 Å². The quantitative estimate of drug-likeness (QED) is 0.664. The zero-order valence-corrected chi connectivity index (χ0v) is 9.66. The molecule has 18 heavy (non-hydrogen) atoms. The van der Waals surface area contributed by atoms with Gasteiger partial charge in [0.25, 0.3) is 0 Å². The molecule has 0 amide bonds. The van der Waals surface area contributed by atoms with E-state index in [9.17, 15) is 4.79 Å². The summed E-state index contributed by atoms with van der Waals surface area (Å²) in [6, 6.07) is 1.70. The second kappa shape index (κ2) is 3.99. The number of hydrogen-bond acceptors (Lipinski definition) is 5. The van der Waals surface area contributed by atoms with Gasteiger partial charge in [0.15, 0.2) is 5.65 Å². The third-order valence-electron chi connectivity index (χ3n) is 2.54. The highest BCUT2D eigenvalue weighted by Crippen LogP contribution is 2.06. The van der Waals surface area contributed by atoms with Crippen LogP contribution in [0.15, 0.2) is 29.6 Å². The van der Waals surface area contributed by atoms with Gasteiger partial charge in [-0.15, -0.1) is 0 Å².